The van der Waals surface area contributed by atoms with E-state index in [0.29, 0.717) is 24.8 Å². The Hall–Kier alpha value is -3.00. The maximum atomic E-state index is 13.4. The van der Waals surface area contributed by atoms with Crippen LogP contribution in [0.15, 0.2) is 34.9 Å². The van der Waals surface area contributed by atoms with Gasteiger partial charge in [-0.25, -0.2) is 0 Å². The number of benzene rings is 1. The summed E-state index contributed by atoms with van der Waals surface area (Å²) in [5.74, 6) is -0.306. The molecule has 1 aromatic heterocycles. The van der Waals surface area contributed by atoms with Gasteiger partial charge in [0.05, 0.1) is 31.0 Å². The number of aryl methyl sites for hydroxylation is 3. The second-order valence-corrected chi connectivity index (χ2v) is 8.94. The summed E-state index contributed by atoms with van der Waals surface area (Å²) in [4.78, 5) is 34.3. The van der Waals surface area contributed by atoms with Crippen LogP contribution in [0.3, 0.4) is 0 Å². The van der Waals surface area contributed by atoms with Gasteiger partial charge in [0.1, 0.15) is 5.60 Å². The van der Waals surface area contributed by atoms with E-state index in [1.165, 1.54) is 11.1 Å². The van der Waals surface area contributed by atoms with E-state index >= 15 is 0 Å². The van der Waals surface area contributed by atoms with Crippen LogP contribution in [0, 0.1) is 32.6 Å². The van der Waals surface area contributed by atoms with Crippen molar-refractivity contribution in [1.29, 1.82) is 0 Å². The van der Waals surface area contributed by atoms with Gasteiger partial charge in [-0.05, 0) is 30.5 Å². The van der Waals surface area contributed by atoms with Gasteiger partial charge in [0, 0.05) is 20.5 Å². The molecule has 8 heteroatoms. The van der Waals surface area contributed by atoms with Crippen LogP contribution in [0.5, 0.6) is 0 Å². The third-order valence-corrected chi connectivity index (χ3v) is 6.73. The Morgan fingerprint density at radius 2 is 2.10 bits per heavy atom. The molecule has 2 amide bonds. The van der Waals surface area contributed by atoms with E-state index in [2.05, 4.69) is 42.2 Å². The van der Waals surface area contributed by atoms with Crippen molar-refractivity contribution in [3.05, 3.63) is 58.8 Å². The predicted molar refractivity (Wildman–Crippen MR) is 111 cm³/mol. The van der Waals surface area contributed by atoms with Crippen molar-refractivity contribution in [2.75, 3.05) is 13.6 Å². The SMILES string of the molecule is Cc1nc(CN(C)C(=O)[C@H]2[C@@H]3C=C[C@@]4(CN(Cc5ccc(C)c(C)c5)C(=O)[C@@H]24)O3)no1. The summed E-state index contributed by atoms with van der Waals surface area (Å²) in [6.45, 7) is 7.05. The second kappa shape index (κ2) is 7.02. The molecule has 31 heavy (non-hydrogen) atoms. The molecular formula is C23H26N4O4. The van der Waals surface area contributed by atoms with Crippen LogP contribution in [-0.2, 0) is 27.4 Å². The Kier molecular flexibility index (Phi) is 4.51. The number of amides is 2. The smallest absolute Gasteiger partial charge is 0.230 e. The Morgan fingerprint density at radius 3 is 2.81 bits per heavy atom. The fraction of sp³-hybridized carbons (Fsp3) is 0.478. The van der Waals surface area contributed by atoms with E-state index in [1.807, 2.05) is 17.1 Å². The molecule has 0 radical (unpaired) electrons. The number of hydrogen-bond acceptors (Lipinski definition) is 6. The van der Waals surface area contributed by atoms with Crippen molar-refractivity contribution in [1.82, 2.24) is 19.9 Å². The van der Waals surface area contributed by atoms with Crippen LogP contribution in [-0.4, -0.2) is 57.1 Å². The number of ether oxygens (including phenoxy) is 1. The minimum Gasteiger partial charge on any atom is -0.360 e. The third kappa shape index (κ3) is 3.17. The highest BCUT2D eigenvalue weighted by molar-refractivity contribution is 5.93. The van der Waals surface area contributed by atoms with E-state index in [4.69, 9.17) is 9.26 Å². The molecule has 1 spiro atoms. The van der Waals surface area contributed by atoms with Crippen molar-refractivity contribution >= 4 is 11.8 Å². The fourth-order valence-corrected chi connectivity index (χ4v) is 5.07. The van der Waals surface area contributed by atoms with Crippen LogP contribution in [0.4, 0.5) is 0 Å². The molecule has 1 aromatic carbocycles. The summed E-state index contributed by atoms with van der Waals surface area (Å²) in [5, 5.41) is 3.86. The normalized spacial score (nSPS) is 28.5. The first kappa shape index (κ1) is 19.9. The maximum Gasteiger partial charge on any atom is 0.230 e. The summed E-state index contributed by atoms with van der Waals surface area (Å²) in [7, 11) is 1.70. The molecule has 162 valence electrons. The summed E-state index contributed by atoms with van der Waals surface area (Å²) < 4.78 is 11.2. The zero-order valence-corrected chi connectivity index (χ0v) is 18.2. The molecule has 3 aliphatic heterocycles. The van der Waals surface area contributed by atoms with E-state index in [9.17, 15) is 9.59 Å². The van der Waals surface area contributed by atoms with Crippen LogP contribution in [0.1, 0.15) is 28.4 Å². The first-order chi connectivity index (χ1) is 14.8. The van der Waals surface area contributed by atoms with Crippen molar-refractivity contribution in [2.45, 2.75) is 45.6 Å². The summed E-state index contributed by atoms with van der Waals surface area (Å²) in [6, 6.07) is 6.25. The molecule has 4 atom stereocenters. The van der Waals surface area contributed by atoms with E-state index < -0.39 is 17.4 Å². The fourth-order valence-electron chi connectivity index (χ4n) is 5.07. The maximum absolute atomic E-state index is 13.4. The molecule has 0 saturated carbocycles. The van der Waals surface area contributed by atoms with Crippen molar-refractivity contribution in [2.24, 2.45) is 11.8 Å². The number of carbonyl (C=O) groups is 2. The molecule has 2 bridgehead atoms. The lowest BCUT2D eigenvalue weighted by molar-refractivity contribution is -0.143. The van der Waals surface area contributed by atoms with Crippen molar-refractivity contribution in [3.63, 3.8) is 0 Å². The van der Waals surface area contributed by atoms with Gasteiger partial charge in [-0.1, -0.05) is 35.5 Å². The van der Waals surface area contributed by atoms with Gasteiger partial charge in [0.2, 0.25) is 17.7 Å². The van der Waals surface area contributed by atoms with Gasteiger partial charge in [0.15, 0.2) is 5.82 Å². The Bertz CT molecular complexity index is 1090. The first-order valence-corrected chi connectivity index (χ1v) is 10.5. The highest BCUT2D eigenvalue weighted by atomic mass is 16.5. The lowest BCUT2D eigenvalue weighted by Crippen LogP contribution is -2.44. The minimum atomic E-state index is -0.717. The van der Waals surface area contributed by atoms with Gasteiger partial charge < -0.3 is 19.1 Å². The zero-order chi connectivity index (χ0) is 21.9. The second-order valence-electron chi connectivity index (χ2n) is 8.94. The van der Waals surface area contributed by atoms with Gasteiger partial charge in [-0.2, -0.15) is 4.98 Å². The topological polar surface area (TPSA) is 88.8 Å². The lowest BCUT2D eigenvalue weighted by Gasteiger charge is -2.27. The summed E-state index contributed by atoms with van der Waals surface area (Å²) in [6.07, 6.45) is 3.53. The van der Waals surface area contributed by atoms with Crippen LogP contribution < -0.4 is 0 Å². The number of rotatable bonds is 5. The van der Waals surface area contributed by atoms with Crippen LogP contribution in [0.2, 0.25) is 0 Å². The summed E-state index contributed by atoms with van der Waals surface area (Å²) >= 11 is 0. The third-order valence-electron chi connectivity index (χ3n) is 6.73. The molecule has 2 aromatic rings. The van der Waals surface area contributed by atoms with E-state index in [1.54, 1.807) is 18.9 Å². The predicted octanol–water partition coefficient (Wildman–Crippen LogP) is 1.94. The molecule has 8 nitrogen and oxygen atoms in total. The van der Waals surface area contributed by atoms with Gasteiger partial charge in [0.25, 0.3) is 0 Å². The molecule has 4 heterocycles. The molecular weight excluding hydrogens is 396 g/mol. The number of hydrogen-bond donors (Lipinski definition) is 0. The Balaban J connectivity index is 1.35. The molecule has 2 fully saturated rings. The number of likely N-dealkylation sites (tertiary alicyclic amines) is 1. The molecule has 0 aliphatic carbocycles. The number of aromatic nitrogens is 2. The van der Waals surface area contributed by atoms with E-state index in [-0.39, 0.29) is 24.5 Å². The standard InChI is InChI=1S/C23H26N4O4/c1-13-5-6-16(9-14(13)2)10-27-12-23-8-7-17(30-23)19(20(23)22(27)29)21(28)26(4)11-18-24-15(3)31-25-18/h5-9,17,19-20H,10-12H2,1-4H3/t17-,19-,20+,23-/m0/s1. The number of fused-ring (bicyclic) bond motifs is 1. The number of carbonyl (C=O) groups excluding carboxylic acids is 2. The van der Waals surface area contributed by atoms with Crippen molar-refractivity contribution in [3.8, 4) is 0 Å². The molecule has 0 unspecified atom stereocenters. The highest BCUT2D eigenvalue weighted by Crippen LogP contribution is 2.52. The van der Waals surface area contributed by atoms with E-state index in [0.717, 1.165) is 5.56 Å². The van der Waals surface area contributed by atoms with Gasteiger partial charge in [-0.3, -0.25) is 9.59 Å². The molecule has 2 saturated heterocycles. The lowest BCUT2D eigenvalue weighted by atomic mass is 9.76. The monoisotopic (exact) mass is 422 g/mol. The van der Waals surface area contributed by atoms with Crippen LogP contribution in [0.25, 0.3) is 0 Å². The minimum absolute atomic E-state index is 0.0211. The van der Waals surface area contributed by atoms with Gasteiger partial charge in [-0.15, -0.1) is 0 Å². The molecule has 3 aliphatic rings. The molecule has 5 rings (SSSR count). The largest absolute Gasteiger partial charge is 0.360 e. The highest BCUT2D eigenvalue weighted by Gasteiger charge is 2.67. The Labute approximate surface area is 180 Å². The van der Waals surface area contributed by atoms with Gasteiger partial charge >= 0.3 is 0 Å². The zero-order valence-electron chi connectivity index (χ0n) is 18.2. The molecule has 0 N–H and O–H groups in total. The van der Waals surface area contributed by atoms with Crippen LogP contribution >= 0.6 is 0 Å². The summed E-state index contributed by atoms with van der Waals surface area (Å²) in [5.41, 5.74) is 2.79. The first-order valence-electron chi connectivity index (χ1n) is 10.5. The quantitative estimate of drug-likeness (QED) is 0.684. The Morgan fingerprint density at radius 1 is 1.29 bits per heavy atom. The average Bonchev–Trinajstić information content (AvgIpc) is 3.46. The van der Waals surface area contributed by atoms with Crippen molar-refractivity contribution < 1.29 is 18.8 Å². The number of nitrogens with zero attached hydrogens (tertiary/aromatic N) is 4. The average molecular weight is 422 g/mol.